The highest BCUT2D eigenvalue weighted by Crippen LogP contribution is 2.31. The predicted molar refractivity (Wildman–Crippen MR) is 56.8 cm³/mol. The minimum atomic E-state index is 0.720. The average molecular weight is 194 g/mol. The Morgan fingerprint density at radius 3 is 2.92 bits per heavy atom. The number of fused-ring (bicyclic) bond motifs is 1. The lowest BCUT2D eigenvalue weighted by Gasteiger charge is -1.99. The van der Waals surface area contributed by atoms with Gasteiger partial charge in [0.15, 0.2) is 0 Å². The van der Waals surface area contributed by atoms with E-state index in [1.165, 1.54) is 16.7 Å². The molecule has 0 saturated carbocycles. The molecule has 68 valence electrons. The zero-order valence-electron chi connectivity index (χ0n) is 7.39. The first-order valence-electron chi connectivity index (χ1n) is 4.48. The molecular formula is C11H12ClN. The molecular weight excluding hydrogens is 182 g/mol. The predicted octanol–water partition coefficient (Wildman–Crippen LogP) is 2.63. The van der Waals surface area contributed by atoms with Gasteiger partial charge in [-0.15, -0.1) is 0 Å². The highest BCUT2D eigenvalue weighted by Gasteiger charge is 2.13. The molecule has 2 rings (SSSR count). The molecule has 0 radical (unpaired) electrons. The van der Waals surface area contributed by atoms with Crippen LogP contribution in [0.5, 0.6) is 0 Å². The molecule has 0 spiro atoms. The van der Waals surface area contributed by atoms with Crippen molar-refractivity contribution in [3.8, 4) is 0 Å². The summed E-state index contributed by atoms with van der Waals surface area (Å²) in [6.07, 6.45) is 4.17. The molecule has 2 N–H and O–H groups in total. The maximum atomic E-state index is 6.06. The molecule has 1 aromatic carbocycles. The summed E-state index contributed by atoms with van der Waals surface area (Å²) in [6.45, 7) is 0.720. The molecule has 1 aliphatic carbocycles. The van der Waals surface area contributed by atoms with E-state index in [1.807, 2.05) is 12.1 Å². The second-order valence-electron chi connectivity index (χ2n) is 3.33. The Kier molecular flexibility index (Phi) is 2.38. The number of hydrogen-bond donors (Lipinski definition) is 1. The fraction of sp³-hybridized carbons (Fsp3) is 0.273. The van der Waals surface area contributed by atoms with Gasteiger partial charge < -0.3 is 5.73 Å². The standard InChI is InChI=1S/C11H12ClN/c12-11-3-1-2-9-6-8(4-5-13)7-10(9)11/h1-3,7H,4-6,13H2. The largest absolute Gasteiger partial charge is 0.330 e. The van der Waals surface area contributed by atoms with E-state index in [9.17, 15) is 0 Å². The molecule has 1 aromatic rings. The molecule has 2 heteroatoms. The molecule has 0 amide bonds. The van der Waals surface area contributed by atoms with Gasteiger partial charge in [0.25, 0.3) is 0 Å². The van der Waals surface area contributed by atoms with Crippen molar-refractivity contribution in [2.45, 2.75) is 12.8 Å². The van der Waals surface area contributed by atoms with Crippen LogP contribution in [0.2, 0.25) is 5.02 Å². The fourth-order valence-corrected chi connectivity index (χ4v) is 1.99. The fourth-order valence-electron chi connectivity index (χ4n) is 1.74. The van der Waals surface area contributed by atoms with Crippen LogP contribution in [-0.4, -0.2) is 6.54 Å². The zero-order valence-corrected chi connectivity index (χ0v) is 8.14. The normalized spacial score (nSPS) is 14.2. The SMILES string of the molecule is NCCC1=Cc2c(Cl)cccc2C1. The van der Waals surface area contributed by atoms with Gasteiger partial charge in [-0.3, -0.25) is 0 Å². The van der Waals surface area contributed by atoms with Crippen molar-refractivity contribution in [1.82, 2.24) is 0 Å². The number of hydrogen-bond acceptors (Lipinski definition) is 1. The Morgan fingerprint density at radius 1 is 1.38 bits per heavy atom. The third-order valence-corrected chi connectivity index (χ3v) is 2.70. The monoisotopic (exact) mass is 193 g/mol. The highest BCUT2D eigenvalue weighted by atomic mass is 35.5. The van der Waals surface area contributed by atoms with Crippen LogP contribution in [0.3, 0.4) is 0 Å². The summed E-state index contributed by atoms with van der Waals surface area (Å²) >= 11 is 6.06. The van der Waals surface area contributed by atoms with E-state index in [0.29, 0.717) is 0 Å². The number of benzene rings is 1. The van der Waals surface area contributed by atoms with Crippen LogP contribution in [-0.2, 0) is 6.42 Å². The molecule has 0 bridgehead atoms. The van der Waals surface area contributed by atoms with Crippen LogP contribution in [0.4, 0.5) is 0 Å². The average Bonchev–Trinajstić information content (AvgIpc) is 2.49. The third-order valence-electron chi connectivity index (χ3n) is 2.37. The summed E-state index contributed by atoms with van der Waals surface area (Å²) in [4.78, 5) is 0. The van der Waals surface area contributed by atoms with Gasteiger partial charge >= 0.3 is 0 Å². The molecule has 1 aliphatic rings. The maximum absolute atomic E-state index is 6.06. The quantitative estimate of drug-likeness (QED) is 0.768. The van der Waals surface area contributed by atoms with Gasteiger partial charge in [0, 0.05) is 5.02 Å². The Morgan fingerprint density at radius 2 is 2.23 bits per heavy atom. The lowest BCUT2D eigenvalue weighted by atomic mass is 10.1. The van der Waals surface area contributed by atoms with Gasteiger partial charge in [-0.25, -0.2) is 0 Å². The van der Waals surface area contributed by atoms with E-state index in [4.69, 9.17) is 17.3 Å². The van der Waals surface area contributed by atoms with E-state index < -0.39 is 0 Å². The summed E-state index contributed by atoms with van der Waals surface area (Å²) in [5.41, 5.74) is 9.42. The first-order valence-corrected chi connectivity index (χ1v) is 4.86. The van der Waals surface area contributed by atoms with Crippen molar-refractivity contribution < 1.29 is 0 Å². The van der Waals surface area contributed by atoms with Crippen molar-refractivity contribution in [3.05, 3.63) is 39.9 Å². The summed E-state index contributed by atoms with van der Waals surface area (Å²) in [7, 11) is 0. The van der Waals surface area contributed by atoms with Gasteiger partial charge in [-0.2, -0.15) is 0 Å². The first-order chi connectivity index (χ1) is 6.31. The molecule has 0 aliphatic heterocycles. The summed E-state index contributed by atoms with van der Waals surface area (Å²) < 4.78 is 0. The Labute approximate surface area is 83.2 Å². The topological polar surface area (TPSA) is 26.0 Å². The van der Waals surface area contributed by atoms with Crippen LogP contribution in [0.25, 0.3) is 6.08 Å². The summed E-state index contributed by atoms with van der Waals surface area (Å²) in [5, 5.41) is 0.851. The molecule has 0 heterocycles. The van der Waals surface area contributed by atoms with E-state index >= 15 is 0 Å². The van der Waals surface area contributed by atoms with Crippen LogP contribution < -0.4 is 5.73 Å². The molecule has 13 heavy (non-hydrogen) atoms. The Bertz CT molecular complexity index is 355. The highest BCUT2D eigenvalue weighted by molar-refractivity contribution is 6.32. The molecule has 0 fully saturated rings. The van der Waals surface area contributed by atoms with Gasteiger partial charge in [0.1, 0.15) is 0 Å². The summed E-state index contributed by atoms with van der Waals surface area (Å²) in [6, 6.07) is 6.06. The van der Waals surface area contributed by atoms with Crippen LogP contribution in [0, 0.1) is 0 Å². The van der Waals surface area contributed by atoms with Crippen molar-refractivity contribution in [2.75, 3.05) is 6.54 Å². The second-order valence-corrected chi connectivity index (χ2v) is 3.74. The van der Waals surface area contributed by atoms with Gasteiger partial charge in [0.2, 0.25) is 0 Å². The molecule has 0 aromatic heterocycles. The minimum absolute atomic E-state index is 0.720. The van der Waals surface area contributed by atoms with Crippen LogP contribution in [0.1, 0.15) is 17.5 Å². The molecule has 0 atom stereocenters. The van der Waals surface area contributed by atoms with Crippen molar-refractivity contribution in [1.29, 1.82) is 0 Å². The second kappa shape index (κ2) is 3.52. The lowest BCUT2D eigenvalue weighted by molar-refractivity contribution is 0.927. The molecule has 0 saturated heterocycles. The van der Waals surface area contributed by atoms with Crippen LogP contribution in [0.15, 0.2) is 23.8 Å². The Balaban J connectivity index is 2.32. The van der Waals surface area contributed by atoms with Gasteiger partial charge in [-0.05, 0) is 36.6 Å². The zero-order chi connectivity index (χ0) is 9.26. The Hall–Kier alpha value is -0.790. The van der Waals surface area contributed by atoms with E-state index in [-0.39, 0.29) is 0 Å². The van der Waals surface area contributed by atoms with E-state index in [2.05, 4.69) is 12.1 Å². The minimum Gasteiger partial charge on any atom is -0.330 e. The first kappa shape index (κ1) is 8.79. The third kappa shape index (κ3) is 1.62. The molecule has 1 nitrogen and oxygen atoms in total. The van der Waals surface area contributed by atoms with Gasteiger partial charge in [0.05, 0.1) is 0 Å². The number of halogens is 1. The number of rotatable bonds is 2. The van der Waals surface area contributed by atoms with E-state index in [1.54, 1.807) is 0 Å². The van der Waals surface area contributed by atoms with Crippen LogP contribution >= 0.6 is 11.6 Å². The van der Waals surface area contributed by atoms with Crippen molar-refractivity contribution in [3.63, 3.8) is 0 Å². The lowest BCUT2D eigenvalue weighted by Crippen LogP contribution is -1.99. The smallest absolute Gasteiger partial charge is 0.0481 e. The number of nitrogens with two attached hydrogens (primary N) is 1. The molecule has 0 unspecified atom stereocenters. The summed E-state index contributed by atoms with van der Waals surface area (Å²) in [5.74, 6) is 0. The van der Waals surface area contributed by atoms with Crippen molar-refractivity contribution in [2.24, 2.45) is 5.73 Å². The van der Waals surface area contributed by atoms with Gasteiger partial charge in [-0.1, -0.05) is 35.4 Å². The van der Waals surface area contributed by atoms with Crippen molar-refractivity contribution >= 4 is 17.7 Å². The maximum Gasteiger partial charge on any atom is 0.0481 e. The van der Waals surface area contributed by atoms with E-state index in [0.717, 1.165) is 24.4 Å².